The number of aromatic nitrogens is 1. The van der Waals surface area contributed by atoms with Crippen LogP contribution in [0.2, 0.25) is 0 Å². The Balaban J connectivity index is 1.62. The number of pyridine rings is 1. The zero-order valence-electron chi connectivity index (χ0n) is 21.6. The molecule has 2 saturated heterocycles. The van der Waals surface area contributed by atoms with Crippen molar-refractivity contribution in [3.8, 4) is 11.8 Å². The minimum Gasteiger partial charge on any atom is -0.491 e. The van der Waals surface area contributed by atoms with Crippen molar-refractivity contribution < 1.29 is 31.8 Å². The molecule has 7 nitrogen and oxygen atoms in total. The number of amides is 1. The second kappa shape index (κ2) is 11.4. The molecule has 0 radical (unpaired) electrons. The monoisotopic (exact) mass is 564 g/mol. The zero-order valence-corrected chi connectivity index (χ0v) is 22.4. The summed E-state index contributed by atoms with van der Waals surface area (Å²) in [5.74, 6) is -0.704. The van der Waals surface area contributed by atoms with Crippen molar-refractivity contribution in [3.63, 3.8) is 0 Å². The van der Waals surface area contributed by atoms with Crippen LogP contribution < -0.4 is 14.5 Å². The Labute approximate surface area is 229 Å². The molecule has 2 aromatic rings. The summed E-state index contributed by atoms with van der Waals surface area (Å²) in [5.41, 5.74) is -3.35. The van der Waals surface area contributed by atoms with Crippen molar-refractivity contribution in [1.29, 1.82) is 5.26 Å². The Bertz CT molecular complexity index is 1290. The van der Waals surface area contributed by atoms with Gasteiger partial charge in [0.05, 0.1) is 24.1 Å². The molecule has 2 aliphatic heterocycles. The van der Waals surface area contributed by atoms with Gasteiger partial charge in [-0.25, -0.2) is 9.37 Å². The summed E-state index contributed by atoms with van der Waals surface area (Å²) in [7, 11) is 0. The van der Waals surface area contributed by atoms with Gasteiger partial charge in [-0.3, -0.25) is 9.69 Å². The van der Waals surface area contributed by atoms with Crippen molar-refractivity contribution in [2.24, 2.45) is 5.92 Å². The Kier molecular flexibility index (Phi) is 8.42. The van der Waals surface area contributed by atoms with Gasteiger partial charge in [-0.1, -0.05) is 13.3 Å². The van der Waals surface area contributed by atoms with E-state index in [0.29, 0.717) is 44.6 Å². The highest BCUT2D eigenvalue weighted by atomic mass is 32.1. The number of carbonyl (C=O) groups is 1. The van der Waals surface area contributed by atoms with E-state index in [9.17, 15) is 18.0 Å². The number of alkyl halides is 3. The molecule has 0 spiro atoms. The van der Waals surface area contributed by atoms with E-state index in [2.05, 4.69) is 4.98 Å². The molecule has 0 bridgehead atoms. The maximum atomic E-state index is 15.1. The normalized spacial score (nSPS) is 20.4. The highest BCUT2D eigenvalue weighted by molar-refractivity contribution is 7.81. The standard InChI is InChI=1S/C27H28F4N4O3S/c1-3-9-26(2)24(36)34(19-13-20(27(29,30)31)22(15-32)33-16-19)25(39)35(26)18-4-5-23(21(28)14-18)38-12-8-17-6-10-37-11-7-17/h4-5,13-14,16-17H,3,6-12H2,1-2H3. The quantitative estimate of drug-likeness (QED) is 0.287. The highest BCUT2D eigenvalue weighted by Crippen LogP contribution is 2.41. The maximum absolute atomic E-state index is 15.1. The van der Waals surface area contributed by atoms with Gasteiger partial charge in [0.25, 0.3) is 5.91 Å². The summed E-state index contributed by atoms with van der Waals surface area (Å²) in [6.07, 6.45) is -0.364. The van der Waals surface area contributed by atoms with Gasteiger partial charge in [-0.15, -0.1) is 0 Å². The van der Waals surface area contributed by atoms with Crippen LogP contribution in [0.5, 0.6) is 5.75 Å². The number of hydrogen-bond acceptors (Lipinski definition) is 6. The molecule has 1 amide bonds. The predicted molar refractivity (Wildman–Crippen MR) is 140 cm³/mol. The van der Waals surface area contributed by atoms with Crippen LogP contribution in [-0.2, 0) is 15.7 Å². The molecule has 0 aliphatic carbocycles. The molecule has 1 atom stereocenters. The van der Waals surface area contributed by atoms with Gasteiger partial charge in [0.15, 0.2) is 22.4 Å². The van der Waals surface area contributed by atoms with E-state index in [1.807, 2.05) is 6.92 Å². The maximum Gasteiger partial charge on any atom is 0.419 e. The average Bonchev–Trinajstić information content (AvgIpc) is 3.09. The largest absolute Gasteiger partial charge is 0.491 e. The lowest BCUT2D eigenvalue weighted by Gasteiger charge is -2.33. The van der Waals surface area contributed by atoms with E-state index in [1.165, 1.54) is 23.1 Å². The molecule has 3 heterocycles. The number of rotatable bonds is 8. The van der Waals surface area contributed by atoms with Gasteiger partial charge < -0.3 is 14.4 Å². The van der Waals surface area contributed by atoms with Crippen molar-refractivity contribution in [3.05, 3.63) is 47.5 Å². The third kappa shape index (κ3) is 5.70. The van der Waals surface area contributed by atoms with E-state index in [4.69, 9.17) is 27.0 Å². The van der Waals surface area contributed by atoms with Crippen LogP contribution in [-0.4, -0.2) is 41.4 Å². The van der Waals surface area contributed by atoms with E-state index < -0.39 is 34.7 Å². The fraction of sp³-hybridized carbons (Fsp3) is 0.481. The highest BCUT2D eigenvalue weighted by Gasteiger charge is 2.53. The number of benzene rings is 1. The summed E-state index contributed by atoms with van der Waals surface area (Å²) < 4.78 is 66.9. The van der Waals surface area contributed by atoms with Crippen LogP contribution in [0, 0.1) is 23.1 Å². The van der Waals surface area contributed by atoms with Crippen LogP contribution in [0.3, 0.4) is 0 Å². The number of carbonyl (C=O) groups excluding carboxylic acids is 1. The fourth-order valence-electron chi connectivity index (χ4n) is 5.06. The smallest absolute Gasteiger partial charge is 0.419 e. The zero-order chi connectivity index (χ0) is 28.4. The molecule has 39 heavy (non-hydrogen) atoms. The Hall–Kier alpha value is -3.30. The molecule has 0 N–H and O–H groups in total. The van der Waals surface area contributed by atoms with Gasteiger partial charge >= 0.3 is 6.18 Å². The van der Waals surface area contributed by atoms with E-state index >= 15 is 4.39 Å². The first-order valence-electron chi connectivity index (χ1n) is 12.7. The first-order chi connectivity index (χ1) is 18.5. The van der Waals surface area contributed by atoms with Crippen LogP contribution in [0.15, 0.2) is 30.5 Å². The van der Waals surface area contributed by atoms with Crippen LogP contribution in [0.1, 0.15) is 57.2 Å². The molecule has 12 heteroatoms. The number of anilines is 2. The lowest BCUT2D eigenvalue weighted by molar-refractivity contribution is -0.138. The van der Waals surface area contributed by atoms with Gasteiger partial charge in [-0.2, -0.15) is 18.4 Å². The molecular formula is C27H28F4N4O3S. The molecular weight excluding hydrogens is 536 g/mol. The van der Waals surface area contributed by atoms with Crippen LogP contribution >= 0.6 is 12.2 Å². The molecule has 2 fully saturated rings. The number of halogens is 4. The minimum atomic E-state index is -4.87. The van der Waals surface area contributed by atoms with Gasteiger partial charge in [0.1, 0.15) is 11.6 Å². The third-order valence-corrected chi connectivity index (χ3v) is 7.48. The lowest BCUT2D eigenvalue weighted by atomic mass is 9.93. The predicted octanol–water partition coefficient (Wildman–Crippen LogP) is 6.00. The molecule has 1 aromatic carbocycles. The molecule has 4 rings (SSSR count). The second-order valence-corrected chi connectivity index (χ2v) is 10.2. The van der Waals surface area contributed by atoms with Crippen LogP contribution in [0.25, 0.3) is 0 Å². The minimum absolute atomic E-state index is 0.0578. The second-order valence-electron chi connectivity index (χ2n) is 9.79. The number of nitriles is 1. The number of nitrogens with zero attached hydrogens (tertiary/aromatic N) is 4. The van der Waals surface area contributed by atoms with E-state index in [1.54, 1.807) is 13.0 Å². The van der Waals surface area contributed by atoms with Gasteiger partial charge in [0, 0.05) is 25.0 Å². The summed E-state index contributed by atoms with van der Waals surface area (Å²) in [6, 6.07) is 6.34. The van der Waals surface area contributed by atoms with Crippen LogP contribution in [0.4, 0.5) is 28.9 Å². The third-order valence-electron chi connectivity index (χ3n) is 7.12. The topological polar surface area (TPSA) is 78.7 Å². The molecule has 1 unspecified atom stereocenters. The summed E-state index contributed by atoms with van der Waals surface area (Å²) >= 11 is 5.58. The SMILES string of the molecule is CCCC1(C)C(=O)N(c2cnc(C#N)c(C(F)(F)F)c2)C(=S)N1c1ccc(OCCC2CCOCC2)c(F)c1. The Morgan fingerprint density at radius 2 is 1.97 bits per heavy atom. The first kappa shape index (κ1) is 28.7. The summed E-state index contributed by atoms with van der Waals surface area (Å²) in [5, 5.41) is 8.95. The molecule has 2 aliphatic rings. The Morgan fingerprint density at radius 3 is 2.59 bits per heavy atom. The Morgan fingerprint density at radius 1 is 1.26 bits per heavy atom. The number of thiocarbonyl (C=S) groups is 1. The number of ether oxygens (including phenoxy) is 2. The van der Waals surface area contributed by atoms with E-state index in [-0.39, 0.29) is 22.2 Å². The summed E-state index contributed by atoms with van der Waals surface area (Å²) in [6.45, 7) is 5.24. The van der Waals surface area contributed by atoms with Crippen molar-refractivity contribution in [2.75, 3.05) is 29.6 Å². The fourth-order valence-corrected chi connectivity index (χ4v) is 5.56. The summed E-state index contributed by atoms with van der Waals surface area (Å²) in [4.78, 5) is 19.7. The average molecular weight is 565 g/mol. The van der Waals surface area contributed by atoms with Gasteiger partial charge in [0.2, 0.25) is 0 Å². The lowest BCUT2D eigenvalue weighted by Crippen LogP contribution is -2.47. The molecule has 1 aromatic heterocycles. The molecule has 0 saturated carbocycles. The van der Waals surface area contributed by atoms with Crippen molar-refractivity contribution in [1.82, 2.24) is 4.98 Å². The van der Waals surface area contributed by atoms with E-state index in [0.717, 1.165) is 30.4 Å². The van der Waals surface area contributed by atoms with Gasteiger partial charge in [-0.05, 0) is 68.9 Å². The number of hydrogen-bond donors (Lipinski definition) is 0. The van der Waals surface area contributed by atoms with Crippen molar-refractivity contribution >= 4 is 34.6 Å². The van der Waals surface area contributed by atoms with Crippen molar-refractivity contribution in [2.45, 2.75) is 57.7 Å². The molecule has 208 valence electrons. The first-order valence-corrected chi connectivity index (χ1v) is 13.1.